The summed E-state index contributed by atoms with van der Waals surface area (Å²) >= 11 is 6.83. The minimum absolute atomic E-state index is 0.261. The van der Waals surface area contributed by atoms with Crippen molar-refractivity contribution in [2.24, 2.45) is 5.73 Å². The van der Waals surface area contributed by atoms with Crippen LogP contribution in [0.3, 0.4) is 0 Å². The Bertz CT molecular complexity index is 545. The molecule has 0 amide bonds. The molecule has 1 aromatic carbocycles. The number of nitrogens with two attached hydrogens (primary N) is 1. The second-order valence-corrected chi connectivity index (χ2v) is 8.70. The molecular weight excluding hydrogens is 382 g/mol. The second-order valence-electron chi connectivity index (χ2n) is 4.59. The Morgan fingerprint density at radius 3 is 2.67 bits per heavy atom. The Morgan fingerprint density at radius 2 is 2.00 bits per heavy atom. The molecule has 0 radical (unpaired) electrons. The molecule has 0 spiro atoms. The summed E-state index contributed by atoms with van der Waals surface area (Å²) in [7, 11) is -3.06. The third-order valence-corrected chi connectivity index (χ3v) is 6.87. The first-order valence-corrected chi connectivity index (χ1v) is 9.14. The molecule has 18 heavy (non-hydrogen) atoms. The van der Waals surface area contributed by atoms with Crippen molar-refractivity contribution in [2.45, 2.75) is 30.6 Å². The third kappa shape index (κ3) is 2.98. The Kier molecular flexibility index (Phi) is 4.52. The zero-order chi connectivity index (χ0) is 13.3. The molecule has 1 saturated heterocycles. The molecule has 6 heteroatoms. The van der Waals surface area contributed by atoms with Crippen LogP contribution in [-0.4, -0.2) is 19.4 Å². The van der Waals surface area contributed by atoms with Crippen LogP contribution in [0.2, 0.25) is 0 Å². The number of halogens is 2. The molecule has 1 aliphatic heterocycles. The highest BCUT2D eigenvalue weighted by Gasteiger charge is 2.35. The molecule has 2 unspecified atom stereocenters. The summed E-state index contributed by atoms with van der Waals surface area (Å²) in [4.78, 5) is 0. The Morgan fingerprint density at radius 1 is 1.28 bits per heavy atom. The van der Waals surface area contributed by atoms with Crippen LogP contribution >= 0.6 is 31.9 Å². The van der Waals surface area contributed by atoms with Crippen molar-refractivity contribution in [1.29, 1.82) is 0 Å². The van der Waals surface area contributed by atoms with Gasteiger partial charge >= 0.3 is 0 Å². The number of benzene rings is 1. The van der Waals surface area contributed by atoms with Crippen LogP contribution in [0.1, 0.15) is 30.9 Å². The van der Waals surface area contributed by atoms with E-state index in [1.165, 1.54) is 0 Å². The molecule has 1 fully saturated rings. The maximum atomic E-state index is 12.1. The molecule has 1 aromatic rings. The first kappa shape index (κ1) is 14.5. The van der Waals surface area contributed by atoms with E-state index in [1.54, 1.807) is 0 Å². The van der Waals surface area contributed by atoms with Gasteiger partial charge in [-0.1, -0.05) is 38.3 Å². The molecule has 3 nitrogen and oxygen atoms in total. The maximum absolute atomic E-state index is 12.1. The van der Waals surface area contributed by atoms with Gasteiger partial charge in [-0.15, -0.1) is 0 Å². The van der Waals surface area contributed by atoms with Crippen LogP contribution < -0.4 is 5.73 Å². The molecule has 0 aromatic heterocycles. The van der Waals surface area contributed by atoms with Gasteiger partial charge in [0.1, 0.15) is 0 Å². The molecule has 2 N–H and O–H groups in total. The third-order valence-electron chi connectivity index (χ3n) is 3.35. The van der Waals surface area contributed by atoms with Gasteiger partial charge in [0.15, 0.2) is 9.84 Å². The van der Waals surface area contributed by atoms with Crippen LogP contribution in [0.25, 0.3) is 0 Å². The molecule has 0 bridgehead atoms. The molecule has 1 aliphatic rings. The summed E-state index contributed by atoms with van der Waals surface area (Å²) in [6.07, 6.45) is 2.34. The first-order chi connectivity index (χ1) is 8.42. The second kappa shape index (κ2) is 5.61. The van der Waals surface area contributed by atoms with Crippen molar-refractivity contribution >= 4 is 41.7 Å². The largest absolute Gasteiger partial charge is 0.323 e. The lowest BCUT2D eigenvalue weighted by Crippen LogP contribution is -2.38. The maximum Gasteiger partial charge on any atom is 0.155 e. The number of sulfone groups is 1. The summed E-state index contributed by atoms with van der Waals surface area (Å²) in [5.41, 5.74) is 7.03. The van der Waals surface area contributed by atoms with E-state index in [2.05, 4.69) is 31.9 Å². The van der Waals surface area contributed by atoms with E-state index in [1.807, 2.05) is 18.2 Å². The minimum Gasteiger partial charge on any atom is -0.323 e. The van der Waals surface area contributed by atoms with Crippen molar-refractivity contribution in [1.82, 2.24) is 0 Å². The molecule has 1 heterocycles. The SMILES string of the molecule is NC(c1cc(Br)ccc1Br)C1CCCCS1(=O)=O. The summed E-state index contributed by atoms with van der Waals surface area (Å²) in [6.45, 7) is 0. The first-order valence-electron chi connectivity index (χ1n) is 5.84. The van der Waals surface area contributed by atoms with Crippen LogP contribution in [0.4, 0.5) is 0 Å². The number of hydrogen-bond donors (Lipinski definition) is 1. The van der Waals surface area contributed by atoms with Crippen LogP contribution in [0, 0.1) is 0 Å². The standard InChI is InChI=1S/C12H15Br2NO2S/c13-8-4-5-10(14)9(7-8)12(15)11-3-1-2-6-18(11,16)17/h4-5,7,11-12H,1-3,6,15H2. The van der Waals surface area contributed by atoms with Crippen molar-refractivity contribution in [3.8, 4) is 0 Å². The zero-order valence-corrected chi connectivity index (χ0v) is 13.8. The average molecular weight is 397 g/mol. The van der Waals surface area contributed by atoms with E-state index in [0.717, 1.165) is 27.4 Å². The van der Waals surface area contributed by atoms with Gasteiger partial charge in [-0.2, -0.15) is 0 Å². The van der Waals surface area contributed by atoms with Crippen LogP contribution in [0.15, 0.2) is 27.1 Å². The lowest BCUT2D eigenvalue weighted by Gasteiger charge is -2.28. The van der Waals surface area contributed by atoms with E-state index in [0.29, 0.717) is 6.42 Å². The highest BCUT2D eigenvalue weighted by molar-refractivity contribution is 9.11. The van der Waals surface area contributed by atoms with Gasteiger partial charge in [0.05, 0.1) is 11.0 Å². The molecule has 2 rings (SSSR count). The summed E-state index contributed by atoms with van der Waals surface area (Å²) in [5, 5.41) is -0.461. The Hall–Kier alpha value is 0.0900. The highest BCUT2D eigenvalue weighted by Crippen LogP contribution is 2.33. The highest BCUT2D eigenvalue weighted by atomic mass is 79.9. The van der Waals surface area contributed by atoms with E-state index < -0.39 is 21.1 Å². The fourth-order valence-corrected chi connectivity index (χ4v) is 5.27. The van der Waals surface area contributed by atoms with E-state index in [-0.39, 0.29) is 5.75 Å². The Labute approximate surface area is 124 Å². The number of hydrogen-bond acceptors (Lipinski definition) is 3. The topological polar surface area (TPSA) is 60.2 Å². The van der Waals surface area contributed by atoms with Gasteiger partial charge < -0.3 is 5.73 Å². The van der Waals surface area contributed by atoms with Crippen molar-refractivity contribution in [3.05, 3.63) is 32.7 Å². The lowest BCUT2D eigenvalue weighted by atomic mass is 10.0. The fraction of sp³-hybridized carbons (Fsp3) is 0.500. The lowest BCUT2D eigenvalue weighted by molar-refractivity contribution is 0.504. The van der Waals surface area contributed by atoms with Gasteiger partial charge in [-0.25, -0.2) is 8.42 Å². The average Bonchev–Trinajstić information content (AvgIpc) is 2.31. The van der Waals surface area contributed by atoms with Crippen LogP contribution in [-0.2, 0) is 9.84 Å². The predicted octanol–water partition coefficient (Wildman–Crippen LogP) is 3.18. The van der Waals surface area contributed by atoms with Crippen LogP contribution in [0.5, 0.6) is 0 Å². The van der Waals surface area contributed by atoms with Gasteiger partial charge in [0.25, 0.3) is 0 Å². The van der Waals surface area contributed by atoms with Crippen molar-refractivity contribution in [3.63, 3.8) is 0 Å². The summed E-state index contributed by atoms with van der Waals surface area (Å²) in [5.74, 6) is 0.261. The number of rotatable bonds is 2. The molecule has 2 atom stereocenters. The van der Waals surface area contributed by atoms with Gasteiger partial charge in [0.2, 0.25) is 0 Å². The van der Waals surface area contributed by atoms with Crippen molar-refractivity contribution < 1.29 is 8.42 Å². The Balaban J connectivity index is 2.35. The molecule has 0 saturated carbocycles. The van der Waals surface area contributed by atoms with Crippen molar-refractivity contribution in [2.75, 3.05) is 5.75 Å². The zero-order valence-electron chi connectivity index (χ0n) is 9.77. The van der Waals surface area contributed by atoms with Gasteiger partial charge in [-0.05, 0) is 36.6 Å². The molecule has 0 aliphatic carbocycles. The smallest absolute Gasteiger partial charge is 0.155 e. The normalized spacial score (nSPS) is 24.7. The van der Waals surface area contributed by atoms with Gasteiger partial charge in [-0.3, -0.25) is 0 Å². The minimum atomic E-state index is -3.06. The van der Waals surface area contributed by atoms with E-state index >= 15 is 0 Å². The van der Waals surface area contributed by atoms with E-state index in [9.17, 15) is 8.42 Å². The monoisotopic (exact) mass is 395 g/mol. The molecule has 100 valence electrons. The predicted molar refractivity (Wildman–Crippen MR) is 80.2 cm³/mol. The quantitative estimate of drug-likeness (QED) is 0.834. The van der Waals surface area contributed by atoms with Gasteiger partial charge in [0, 0.05) is 15.0 Å². The molecular formula is C12H15Br2NO2S. The summed E-state index contributed by atoms with van der Waals surface area (Å²) in [6, 6.07) is 5.20. The fourth-order valence-electron chi connectivity index (χ4n) is 2.35. The summed E-state index contributed by atoms with van der Waals surface area (Å²) < 4.78 is 25.9. The van der Waals surface area contributed by atoms with E-state index in [4.69, 9.17) is 5.73 Å².